The molecule has 0 saturated heterocycles. The number of para-hydroxylation sites is 1. The van der Waals surface area contributed by atoms with Gasteiger partial charge >= 0.3 is 0 Å². The SMILES string of the molecule is CCCNC(=O)c1ccc2c(c1)N(C(C)CN(C)CC)c1ccccc1S2. The van der Waals surface area contributed by atoms with Gasteiger partial charge in [-0.1, -0.05) is 37.7 Å². The zero-order valence-corrected chi connectivity index (χ0v) is 17.5. The van der Waals surface area contributed by atoms with E-state index in [-0.39, 0.29) is 5.91 Å². The third-order valence-electron chi connectivity index (χ3n) is 4.92. The van der Waals surface area contributed by atoms with Gasteiger partial charge in [0.25, 0.3) is 5.91 Å². The van der Waals surface area contributed by atoms with Crippen LogP contribution in [0.25, 0.3) is 0 Å². The molecule has 0 fully saturated rings. The van der Waals surface area contributed by atoms with Gasteiger partial charge < -0.3 is 15.1 Å². The zero-order valence-electron chi connectivity index (χ0n) is 16.7. The van der Waals surface area contributed by atoms with Crippen molar-refractivity contribution in [2.45, 2.75) is 43.0 Å². The monoisotopic (exact) mass is 383 g/mol. The Kier molecular flexibility index (Phi) is 6.45. The lowest BCUT2D eigenvalue weighted by atomic mass is 10.1. The summed E-state index contributed by atoms with van der Waals surface area (Å²) in [6, 6.07) is 14.9. The van der Waals surface area contributed by atoms with Crippen LogP contribution < -0.4 is 10.2 Å². The van der Waals surface area contributed by atoms with E-state index in [1.54, 1.807) is 11.8 Å². The van der Waals surface area contributed by atoms with E-state index in [2.05, 4.69) is 73.3 Å². The zero-order chi connectivity index (χ0) is 19.4. The van der Waals surface area contributed by atoms with Gasteiger partial charge in [0, 0.05) is 34.5 Å². The summed E-state index contributed by atoms with van der Waals surface area (Å²) in [4.78, 5) is 19.7. The summed E-state index contributed by atoms with van der Waals surface area (Å²) in [5, 5.41) is 2.99. The van der Waals surface area contributed by atoms with E-state index < -0.39 is 0 Å². The van der Waals surface area contributed by atoms with Crippen LogP contribution in [0.1, 0.15) is 37.6 Å². The Morgan fingerprint density at radius 1 is 1.15 bits per heavy atom. The molecule has 1 aliphatic heterocycles. The van der Waals surface area contributed by atoms with Crippen LogP contribution in [0.3, 0.4) is 0 Å². The van der Waals surface area contributed by atoms with Crippen molar-refractivity contribution in [1.29, 1.82) is 0 Å². The van der Waals surface area contributed by atoms with Crippen molar-refractivity contribution in [1.82, 2.24) is 10.2 Å². The molecule has 1 N–H and O–H groups in total. The van der Waals surface area contributed by atoms with Crippen molar-refractivity contribution in [2.24, 2.45) is 0 Å². The smallest absolute Gasteiger partial charge is 0.251 e. The summed E-state index contributed by atoms with van der Waals surface area (Å²) in [5.74, 6) is 0.00166. The van der Waals surface area contributed by atoms with Crippen LogP contribution in [0.15, 0.2) is 52.3 Å². The topological polar surface area (TPSA) is 35.6 Å². The molecule has 0 spiro atoms. The molecular formula is C22H29N3OS. The molecule has 1 atom stereocenters. The Balaban J connectivity index is 2.00. The highest BCUT2D eigenvalue weighted by Crippen LogP contribution is 2.49. The van der Waals surface area contributed by atoms with Gasteiger partial charge in [-0.15, -0.1) is 0 Å². The molecule has 0 radical (unpaired) electrons. The molecular weight excluding hydrogens is 354 g/mol. The van der Waals surface area contributed by atoms with Crippen LogP contribution in [0.4, 0.5) is 11.4 Å². The molecule has 1 heterocycles. The van der Waals surface area contributed by atoms with E-state index >= 15 is 0 Å². The number of carbonyl (C=O) groups is 1. The van der Waals surface area contributed by atoms with Crippen molar-refractivity contribution in [3.8, 4) is 0 Å². The fourth-order valence-corrected chi connectivity index (χ4v) is 4.45. The van der Waals surface area contributed by atoms with Crippen LogP contribution in [-0.2, 0) is 0 Å². The van der Waals surface area contributed by atoms with Gasteiger partial charge in [0.15, 0.2) is 0 Å². The van der Waals surface area contributed by atoms with E-state index in [0.717, 1.165) is 30.8 Å². The first-order valence-corrected chi connectivity index (χ1v) is 10.5. The minimum absolute atomic E-state index is 0.00166. The highest BCUT2D eigenvalue weighted by Gasteiger charge is 2.28. The van der Waals surface area contributed by atoms with E-state index in [0.29, 0.717) is 12.6 Å². The van der Waals surface area contributed by atoms with Crippen LogP contribution in [-0.4, -0.2) is 43.5 Å². The molecule has 1 aliphatic rings. The molecule has 3 rings (SSSR count). The minimum atomic E-state index is 0.00166. The predicted octanol–water partition coefficient (Wildman–Crippen LogP) is 4.77. The number of carbonyl (C=O) groups excluding carboxylic acids is 1. The quantitative estimate of drug-likeness (QED) is 0.747. The fourth-order valence-electron chi connectivity index (χ4n) is 3.40. The van der Waals surface area contributed by atoms with Crippen molar-refractivity contribution < 1.29 is 4.79 Å². The van der Waals surface area contributed by atoms with Crippen molar-refractivity contribution >= 4 is 29.0 Å². The first-order valence-electron chi connectivity index (χ1n) is 9.72. The van der Waals surface area contributed by atoms with Crippen molar-refractivity contribution in [3.05, 3.63) is 48.0 Å². The molecule has 1 amide bonds. The minimum Gasteiger partial charge on any atom is -0.352 e. The summed E-state index contributed by atoms with van der Waals surface area (Å²) >= 11 is 1.78. The van der Waals surface area contributed by atoms with E-state index in [1.807, 2.05) is 12.1 Å². The van der Waals surface area contributed by atoms with Gasteiger partial charge in [-0.05, 0) is 57.3 Å². The van der Waals surface area contributed by atoms with Gasteiger partial charge in [0.05, 0.1) is 11.4 Å². The summed E-state index contributed by atoms with van der Waals surface area (Å²) in [5.41, 5.74) is 3.07. The number of benzene rings is 2. The Bertz CT molecular complexity index is 808. The molecule has 0 aromatic heterocycles. The number of hydrogen-bond acceptors (Lipinski definition) is 4. The number of likely N-dealkylation sites (N-methyl/N-ethyl adjacent to an activating group) is 1. The van der Waals surface area contributed by atoms with Gasteiger partial charge in [-0.2, -0.15) is 0 Å². The average Bonchev–Trinajstić information content (AvgIpc) is 2.69. The fraction of sp³-hybridized carbons (Fsp3) is 0.409. The van der Waals surface area contributed by atoms with Crippen LogP contribution in [0.5, 0.6) is 0 Å². The summed E-state index contributed by atoms with van der Waals surface area (Å²) in [7, 11) is 2.15. The third-order valence-corrected chi connectivity index (χ3v) is 6.05. The third kappa shape index (κ3) is 4.30. The molecule has 144 valence electrons. The second-order valence-corrected chi connectivity index (χ2v) is 8.17. The number of nitrogens with zero attached hydrogens (tertiary/aromatic N) is 2. The van der Waals surface area contributed by atoms with Gasteiger partial charge in [-0.3, -0.25) is 4.79 Å². The molecule has 2 aromatic rings. The van der Waals surface area contributed by atoms with Crippen molar-refractivity contribution in [3.63, 3.8) is 0 Å². The van der Waals surface area contributed by atoms with Crippen LogP contribution in [0, 0.1) is 0 Å². The summed E-state index contributed by atoms with van der Waals surface area (Å²) in [6.45, 7) is 9.18. The molecule has 27 heavy (non-hydrogen) atoms. The molecule has 4 nitrogen and oxygen atoms in total. The second-order valence-electron chi connectivity index (χ2n) is 7.08. The number of amides is 1. The predicted molar refractivity (Wildman–Crippen MR) is 114 cm³/mol. The maximum Gasteiger partial charge on any atom is 0.251 e. The van der Waals surface area contributed by atoms with Gasteiger partial charge in [0.2, 0.25) is 0 Å². The number of hydrogen-bond donors (Lipinski definition) is 1. The Morgan fingerprint density at radius 2 is 1.89 bits per heavy atom. The second kappa shape index (κ2) is 8.81. The molecule has 2 aromatic carbocycles. The first-order chi connectivity index (χ1) is 13.0. The molecule has 1 unspecified atom stereocenters. The van der Waals surface area contributed by atoms with E-state index in [1.165, 1.54) is 15.5 Å². The van der Waals surface area contributed by atoms with Gasteiger partial charge in [-0.25, -0.2) is 0 Å². The highest BCUT2D eigenvalue weighted by atomic mass is 32.2. The standard InChI is InChI=1S/C22H29N3OS/c1-5-13-23-22(26)17-11-12-21-19(14-17)25(16(3)15-24(4)6-2)18-9-7-8-10-20(18)27-21/h7-12,14,16H,5-6,13,15H2,1-4H3,(H,23,26). The molecule has 5 heteroatoms. The number of fused-ring (bicyclic) bond motifs is 2. The van der Waals surface area contributed by atoms with E-state index in [4.69, 9.17) is 0 Å². The highest BCUT2D eigenvalue weighted by molar-refractivity contribution is 7.99. The van der Waals surface area contributed by atoms with Crippen LogP contribution in [0.2, 0.25) is 0 Å². The lowest BCUT2D eigenvalue weighted by molar-refractivity contribution is 0.0953. The molecule has 0 bridgehead atoms. The molecule has 0 saturated carbocycles. The lowest BCUT2D eigenvalue weighted by Crippen LogP contribution is -2.39. The average molecular weight is 384 g/mol. The lowest BCUT2D eigenvalue weighted by Gasteiger charge is -2.38. The Labute approximate surface area is 166 Å². The summed E-state index contributed by atoms with van der Waals surface area (Å²) < 4.78 is 0. The van der Waals surface area contributed by atoms with Crippen molar-refractivity contribution in [2.75, 3.05) is 31.6 Å². The van der Waals surface area contributed by atoms with E-state index in [9.17, 15) is 4.79 Å². The maximum absolute atomic E-state index is 12.5. The number of anilines is 2. The Morgan fingerprint density at radius 3 is 2.63 bits per heavy atom. The molecule has 0 aliphatic carbocycles. The summed E-state index contributed by atoms with van der Waals surface area (Å²) in [6.07, 6.45) is 0.937. The number of rotatable bonds is 7. The van der Waals surface area contributed by atoms with Gasteiger partial charge in [0.1, 0.15) is 0 Å². The normalized spacial score (nSPS) is 13.9. The maximum atomic E-state index is 12.5. The number of nitrogens with one attached hydrogen (secondary N) is 1. The largest absolute Gasteiger partial charge is 0.352 e. The Hall–Kier alpha value is -1.98. The first kappa shape index (κ1) is 19.8. The van der Waals surface area contributed by atoms with Crippen LogP contribution >= 0.6 is 11.8 Å².